The largest absolute Gasteiger partial charge is 0.417 e. The lowest BCUT2D eigenvalue weighted by molar-refractivity contribution is -0.138. The van der Waals surface area contributed by atoms with Gasteiger partial charge >= 0.3 is 6.18 Å². The van der Waals surface area contributed by atoms with Gasteiger partial charge in [-0.3, -0.25) is 14.9 Å². The minimum absolute atomic E-state index is 0.129. The van der Waals surface area contributed by atoms with E-state index in [4.69, 9.17) is 0 Å². The number of hydrogen-bond acceptors (Lipinski definition) is 7. The summed E-state index contributed by atoms with van der Waals surface area (Å²) in [7, 11) is 0. The SMILES string of the molecule is Cc1cnc(NC(=O)c2ccc(N3CCN(C(=O)c4ccccc4C(F)(F)F)CC3)nn2)s1. The molecule has 33 heavy (non-hydrogen) atoms. The first-order valence-electron chi connectivity index (χ1n) is 10.0. The molecule has 0 bridgehead atoms. The first kappa shape index (κ1) is 22.6. The van der Waals surface area contributed by atoms with Crippen molar-refractivity contribution in [2.24, 2.45) is 0 Å². The molecule has 1 saturated heterocycles. The van der Waals surface area contributed by atoms with E-state index in [1.165, 1.54) is 40.5 Å². The molecule has 0 radical (unpaired) electrons. The number of alkyl halides is 3. The fraction of sp³-hybridized carbons (Fsp3) is 0.286. The average Bonchev–Trinajstić information content (AvgIpc) is 3.22. The van der Waals surface area contributed by atoms with E-state index < -0.39 is 23.6 Å². The van der Waals surface area contributed by atoms with Gasteiger partial charge in [0, 0.05) is 37.3 Å². The fourth-order valence-electron chi connectivity index (χ4n) is 3.41. The van der Waals surface area contributed by atoms with E-state index in [-0.39, 0.29) is 24.3 Å². The van der Waals surface area contributed by atoms with Crippen LogP contribution < -0.4 is 10.2 Å². The van der Waals surface area contributed by atoms with Crippen molar-refractivity contribution >= 4 is 34.1 Å². The molecule has 1 fully saturated rings. The highest BCUT2D eigenvalue weighted by atomic mass is 32.1. The van der Waals surface area contributed by atoms with Crippen molar-refractivity contribution in [1.29, 1.82) is 0 Å². The van der Waals surface area contributed by atoms with Crippen molar-refractivity contribution in [2.75, 3.05) is 36.4 Å². The number of carbonyl (C=O) groups is 2. The van der Waals surface area contributed by atoms with Crippen LogP contribution in [0.4, 0.5) is 24.1 Å². The Labute approximate surface area is 191 Å². The molecular weight excluding hydrogens is 457 g/mol. The highest BCUT2D eigenvalue weighted by molar-refractivity contribution is 7.15. The minimum Gasteiger partial charge on any atom is -0.352 e. The first-order valence-corrected chi connectivity index (χ1v) is 10.8. The van der Waals surface area contributed by atoms with E-state index in [0.29, 0.717) is 24.0 Å². The first-order chi connectivity index (χ1) is 15.7. The molecule has 0 unspecified atom stereocenters. The molecule has 0 spiro atoms. The van der Waals surface area contributed by atoms with Crippen LogP contribution in [0.5, 0.6) is 0 Å². The zero-order valence-electron chi connectivity index (χ0n) is 17.5. The highest BCUT2D eigenvalue weighted by Gasteiger charge is 2.36. The van der Waals surface area contributed by atoms with E-state index in [2.05, 4.69) is 20.5 Å². The van der Waals surface area contributed by atoms with Crippen LogP contribution in [0.3, 0.4) is 0 Å². The number of hydrogen-bond donors (Lipinski definition) is 1. The Bertz CT molecular complexity index is 1160. The molecule has 0 saturated carbocycles. The normalized spacial score (nSPS) is 14.3. The van der Waals surface area contributed by atoms with Crippen molar-refractivity contribution in [2.45, 2.75) is 13.1 Å². The van der Waals surface area contributed by atoms with E-state index in [9.17, 15) is 22.8 Å². The smallest absolute Gasteiger partial charge is 0.352 e. The fourth-order valence-corrected chi connectivity index (χ4v) is 4.07. The molecule has 8 nitrogen and oxygen atoms in total. The van der Waals surface area contributed by atoms with Gasteiger partial charge in [-0.1, -0.05) is 12.1 Å². The molecule has 1 aliphatic rings. The van der Waals surface area contributed by atoms with Crippen molar-refractivity contribution < 1.29 is 22.8 Å². The Balaban J connectivity index is 1.37. The monoisotopic (exact) mass is 476 g/mol. The van der Waals surface area contributed by atoms with Gasteiger partial charge in [0.15, 0.2) is 16.6 Å². The summed E-state index contributed by atoms with van der Waals surface area (Å²) >= 11 is 1.35. The molecule has 3 aromatic rings. The molecule has 1 aliphatic heterocycles. The Hall–Kier alpha value is -3.54. The third-order valence-electron chi connectivity index (χ3n) is 5.08. The average molecular weight is 476 g/mol. The number of aromatic nitrogens is 3. The van der Waals surface area contributed by atoms with Gasteiger partial charge in [0.25, 0.3) is 11.8 Å². The Kier molecular flexibility index (Phi) is 6.27. The summed E-state index contributed by atoms with van der Waals surface area (Å²) in [6, 6.07) is 7.97. The maximum atomic E-state index is 13.2. The van der Waals surface area contributed by atoms with Gasteiger partial charge in [-0.05, 0) is 31.2 Å². The van der Waals surface area contributed by atoms with E-state index in [1.807, 2.05) is 11.8 Å². The summed E-state index contributed by atoms with van der Waals surface area (Å²) in [5, 5.41) is 11.2. The van der Waals surface area contributed by atoms with E-state index in [0.717, 1.165) is 10.9 Å². The standard InChI is InChI=1S/C21H19F3N6O2S/c1-13-12-25-20(33-13)26-18(31)16-6-7-17(28-27-16)29-8-10-30(11-9-29)19(32)14-4-2-3-5-15(14)21(22,23)24/h2-7,12H,8-11H2,1H3,(H,25,26,31). The summed E-state index contributed by atoms with van der Waals surface area (Å²) < 4.78 is 39.7. The molecule has 0 aliphatic carbocycles. The van der Waals surface area contributed by atoms with Crippen LogP contribution in [0.25, 0.3) is 0 Å². The topological polar surface area (TPSA) is 91.3 Å². The second kappa shape index (κ2) is 9.14. The quantitative estimate of drug-likeness (QED) is 0.620. The van der Waals surface area contributed by atoms with Crippen LogP contribution in [0.1, 0.15) is 31.3 Å². The van der Waals surface area contributed by atoms with E-state index >= 15 is 0 Å². The van der Waals surface area contributed by atoms with Crippen LogP contribution in [-0.4, -0.2) is 58.1 Å². The van der Waals surface area contributed by atoms with Crippen molar-refractivity contribution in [3.8, 4) is 0 Å². The number of piperazine rings is 1. The number of nitrogens with zero attached hydrogens (tertiary/aromatic N) is 5. The van der Waals surface area contributed by atoms with Crippen LogP contribution in [-0.2, 0) is 6.18 Å². The van der Waals surface area contributed by atoms with Gasteiger partial charge in [0.1, 0.15) is 0 Å². The summed E-state index contributed by atoms with van der Waals surface area (Å²) in [6.45, 7) is 3.10. The summed E-state index contributed by atoms with van der Waals surface area (Å²) in [5.74, 6) is -0.570. The Morgan fingerprint density at radius 3 is 2.36 bits per heavy atom. The molecule has 2 amide bonds. The number of nitrogens with one attached hydrogen (secondary N) is 1. The number of rotatable bonds is 4. The third kappa shape index (κ3) is 5.11. The lowest BCUT2D eigenvalue weighted by Crippen LogP contribution is -2.49. The van der Waals surface area contributed by atoms with Crippen LogP contribution in [0.15, 0.2) is 42.6 Å². The molecule has 172 valence electrons. The number of benzene rings is 1. The number of carbonyl (C=O) groups excluding carboxylic acids is 2. The maximum absolute atomic E-state index is 13.2. The lowest BCUT2D eigenvalue weighted by atomic mass is 10.1. The van der Waals surface area contributed by atoms with Gasteiger partial charge in [-0.2, -0.15) is 13.2 Å². The molecule has 12 heteroatoms. The lowest BCUT2D eigenvalue weighted by Gasteiger charge is -2.35. The van der Waals surface area contributed by atoms with Crippen molar-refractivity contribution in [3.05, 3.63) is 64.3 Å². The Morgan fingerprint density at radius 1 is 1.03 bits per heavy atom. The summed E-state index contributed by atoms with van der Waals surface area (Å²) in [5.41, 5.74) is -1.17. The molecule has 0 atom stereocenters. The van der Waals surface area contributed by atoms with Gasteiger partial charge in [-0.15, -0.1) is 21.5 Å². The maximum Gasteiger partial charge on any atom is 0.417 e. The van der Waals surface area contributed by atoms with Gasteiger partial charge < -0.3 is 9.80 Å². The zero-order valence-corrected chi connectivity index (χ0v) is 18.3. The van der Waals surface area contributed by atoms with Crippen molar-refractivity contribution in [1.82, 2.24) is 20.1 Å². The second-order valence-electron chi connectivity index (χ2n) is 7.33. The summed E-state index contributed by atoms with van der Waals surface area (Å²) in [4.78, 5) is 33.3. The third-order valence-corrected chi connectivity index (χ3v) is 5.91. The van der Waals surface area contributed by atoms with Crippen molar-refractivity contribution in [3.63, 3.8) is 0 Å². The summed E-state index contributed by atoms with van der Waals surface area (Å²) in [6.07, 6.45) is -2.95. The van der Waals surface area contributed by atoms with Crippen LogP contribution in [0, 0.1) is 6.92 Å². The van der Waals surface area contributed by atoms with Crippen LogP contribution in [0.2, 0.25) is 0 Å². The highest BCUT2D eigenvalue weighted by Crippen LogP contribution is 2.32. The van der Waals surface area contributed by atoms with Gasteiger partial charge in [0.2, 0.25) is 0 Å². The number of aryl methyl sites for hydroxylation is 1. The predicted molar refractivity (Wildman–Crippen MR) is 116 cm³/mol. The molecular formula is C21H19F3N6O2S. The Morgan fingerprint density at radius 2 is 1.76 bits per heavy atom. The molecule has 1 aromatic carbocycles. The number of anilines is 2. The molecule has 4 rings (SSSR count). The van der Waals surface area contributed by atoms with Gasteiger partial charge in [0.05, 0.1) is 11.1 Å². The molecule has 3 heterocycles. The number of halogens is 3. The number of amides is 2. The van der Waals surface area contributed by atoms with Crippen LogP contribution >= 0.6 is 11.3 Å². The zero-order chi connectivity index (χ0) is 23.6. The second-order valence-corrected chi connectivity index (χ2v) is 8.56. The minimum atomic E-state index is -4.60. The van der Waals surface area contributed by atoms with Gasteiger partial charge in [-0.25, -0.2) is 4.98 Å². The number of thiazole rings is 1. The molecule has 2 aromatic heterocycles. The van der Waals surface area contributed by atoms with E-state index in [1.54, 1.807) is 12.3 Å². The molecule has 1 N–H and O–H groups in total. The predicted octanol–water partition coefficient (Wildman–Crippen LogP) is 3.48.